The maximum absolute atomic E-state index is 9.29. The van der Waals surface area contributed by atoms with E-state index in [1.165, 1.54) is 6.21 Å². The number of nitrogens with zero attached hydrogens (tertiary/aromatic N) is 1. The van der Waals surface area contributed by atoms with Crippen LogP contribution in [0.4, 0.5) is 0 Å². The predicted molar refractivity (Wildman–Crippen MR) is 60.7 cm³/mol. The highest BCUT2D eigenvalue weighted by Gasteiger charge is 2.12. The van der Waals surface area contributed by atoms with E-state index in [1.807, 2.05) is 27.7 Å². The molecular weight excluding hydrogens is 190 g/mol. The van der Waals surface area contributed by atoms with Crippen molar-refractivity contribution in [1.82, 2.24) is 0 Å². The van der Waals surface area contributed by atoms with Gasteiger partial charge in [-0.3, -0.25) is 0 Å². The third kappa shape index (κ3) is 1.88. The van der Waals surface area contributed by atoms with Crippen LogP contribution in [0.15, 0.2) is 5.16 Å². The molecule has 0 aliphatic heterocycles. The first-order valence-corrected chi connectivity index (χ1v) is 4.92. The van der Waals surface area contributed by atoms with E-state index in [4.69, 9.17) is 5.21 Å². The topological polar surface area (TPSA) is 52.8 Å². The fraction of sp³-hybridized carbons (Fsp3) is 0.417. The summed E-state index contributed by atoms with van der Waals surface area (Å²) in [5.74, 6) is 0. The van der Waals surface area contributed by atoms with Crippen molar-refractivity contribution in [2.45, 2.75) is 34.3 Å². The van der Waals surface area contributed by atoms with Gasteiger partial charge in [-0.15, -0.1) is 0 Å². The molecule has 0 saturated carbocycles. The average Bonchev–Trinajstić information content (AvgIpc) is 2.23. The Hall–Kier alpha value is -1.35. The van der Waals surface area contributed by atoms with E-state index in [0.717, 1.165) is 33.4 Å². The average molecular weight is 207 g/mol. The number of aliphatic hydroxyl groups is 1. The zero-order chi connectivity index (χ0) is 11.6. The zero-order valence-corrected chi connectivity index (χ0v) is 9.63. The van der Waals surface area contributed by atoms with Crippen molar-refractivity contribution in [2.75, 3.05) is 0 Å². The summed E-state index contributed by atoms with van der Waals surface area (Å²) in [6, 6.07) is 0. The maximum atomic E-state index is 9.29. The van der Waals surface area contributed by atoms with E-state index in [2.05, 4.69) is 5.16 Å². The fourth-order valence-electron chi connectivity index (χ4n) is 1.91. The van der Waals surface area contributed by atoms with Crippen LogP contribution in [0, 0.1) is 27.7 Å². The minimum Gasteiger partial charge on any atom is -0.411 e. The molecule has 15 heavy (non-hydrogen) atoms. The molecule has 0 aliphatic carbocycles. The molecular formula is C12H17NO2. The van der Waals surface area contributed by atoms with Crippen molar-refractivity contribution < 1.29 is 10.3 Å². The van der Waals surface area contributed by atoms with Crippen LogP contribution < -0.4 is 0 Å². The number of hydrogen-bond donors (Lipinski definition) is 2. The Kier molecular flexibility index (Phi) is 3.48. The zero-order valence-electron chi connectivity index (χ0n) is 9.63. The van der Waals surface area contributed by atoms with Crippen LogP contribution in [-0.2, 0) is 6.61 Å². The first-order valence-electron chi connectivity index (χ1n) is 4.92. The van der Waals surface area contributed by atoms with Crippen LogP contribution in [0.3, 0.4) is 0 Å². The minimum atomic E-state index is 0.0515. The Morgan fingerprint density at radius 2 is 1.47 bits per heavy atom. The summed E-state index contributed by atoms with van der Waals surface area (Å²) in [5, 5.41) is 21.0. The van der Waals surface area contributed by atoms with Gasteiger partial charge in [0.25, 0.3) is 0 Å². The van der Waals surface area contributed by atoms with Crippen molar-refractivity contribution in [3.8, 4) is 0 Å². The summed E-state index contributed by atoms with van der Waals surface area (Å²) in [5.41, 5.74) is 6.15. The van der Waals surface area contributed by atoms with Crippen LogP contribution in [0.1, 0.15) is 33.4 Å². The normalized spacial score (nSPS) is 11.3. The van der Waals surface area contributed by atoms with Crippen molar-refractivity contribution in [2.24, 2.45) is 5.16 Å². The van der Waals surface area contributed by atoms with Gasteiger partial charge in [0.1, 0.15) is 0 Å². The van der Waals surface area contributed by atoms with Gasteiger partial charge < -0.3 is 10.3 Å². The van der Waals surface area contributed by atoms with Crippen LogP contribution >= 0.6 is 0 Å². The molecule has 0 bridgehead atoms. The van der Waals surface area contributed by atoms with E-state index in [1.54, 1.807) is 0 Å². The molecule has 1 rings (SSSR count). The molecule has 1 aromatic rings. The Balaban J connectivity index is 3.58. The first kappa shape index (κ1) is 11.7. The third-order valence-corrected chi connectivity index (χ3v) is 3.18. The SMILES string of the molecule is Cc1c(C)c(CO)c(C)c(C)c1C=NO. The highest BCUT2D eigenvalue weighted by molar-refractivity contribution is 5.85. The number of aliphatic hydroxyl groups excluding tert-OH is 1. The van der Waals surface area contributed by atoms with Crippen molar-refractivity contribution >= 4 is 6.21 Å². The summed E-state index contributed by atoms with van der Waals surface area (Å²) in [4.78, 5) is 0. The maximum Gasteiger partial charge on any atom is 0.0739 e. The van der Waals surface area contributed by atoms with Gasteiger partial charge in [-0.25, -0.2) is 0 Å². The van der Waals surface area contributed by atoms with Crippen LogP contribution in [0.25, 0.3) is 0 Å². The van der Waals surface area contributed by atoms with Gasteiger partial charge in [-0.2, -0.15) is 0 Å². The summed E-state index contributed by atoms with van der Waals surface area (Å²) < 4.78 is 0. The molecule has 2 N–H and O–H groups in total. The van der Waals surface area contributed by atoms with Crippen molar-refractivity contribution in [3.05, 3.63) is 33.4 Å². The quantitative estimate of drug-likeness (QED) is 0.444. The molecule has 0 fully saturated rings. The lowest BCUT2D eigenvalue weighted by Crippen LogP contribution is -2.04. The number of hydrogen-bond acceptors (Lipinski definition) is 3. The lowest BCUT2D eigenvalue weighted by atomic mass is 9.90. The standard InChI is InChI=1S/C12H17NO2/c1-7-9(3)12(6-14)10(4)8(2)11(7)5-13-15/h5,14-15H,6H2,1-4H3. The van der Waals surface area contributed by atoms with Gasteiger partial charge in [-0.1, -0.05) is 5.16 Å². The number of benzene rings is 1. The minimum absolute atomic E-state index is 0.0515. The molecule has 0 saturated heterocycles. The molecule has 0 unspecified atom stereocenters. The molecule has 3 heteroatoms. The highest BCUT2D eigenvalue weighted by Crippen LogP contribution is 2.25. The Labute approximate surface area is 90.1 Å². The summed E-state index contributed by atoms with van der Waals surface area (Å²) in [7, 11) is 0. The number of rotatable bonds is 2. The Bertz CT molecular complexity index is 380. The first-order chi connectivity index (χ1) is 7.04. The molecule has 0 atom stereocenters. The van der Waals surface area contributed by atoms with E-state index >= 15 is 0 Å². The van der Waals surface area contributed by atoms with Crippen LogP contribution in [-0.4, -0.2) is 16.5 Å². The predicted octanol–water partition coefficient (Wildman–Crippen LogP) is 2.22. The second-order valence-corrected chi connectivity index (χ2v) is 3.79. The van der Waals surface area contributed by atoms with E-state index in [-0.39, 0.29) is 6.61 Å². The molecule has 82 valence electrons. The molecule has 0 heterocycles. The molecule has 1 aromatic carbocycles. The van der Waals surface area contributed by atoms with Gasteiger partial charge >= 0.3 is 0 Å². The van der Waals surface area contributed by atoms with Gasteiger partial charge in [-0.05, 0) is 55.5 Å². The molecule has 0 aliphatic rings. The third-order valence-electron chi connectivity index (χ3n) is 3.18. The van der Waals surface area contributed by atoms with Crippen molar-refractivity contribution in [1.29, 1.82) is 0 Å². The monoisotopic (exact) mass is 207 g/mol. The highest BCUT2D eigenvalue weighted by atomic mass is 16.4. The second kappa shape index (κ2) is 4.45. The molecule has 0 spiro atoms. The smallest absolute Gasteiger partial charge is 0.0739 e. The van der Waals surface area contributed by atoms with Gasteiger partial charge in [0.2, 0.25) is 0 Å². The van der Waals surface area contributed by atoms with Gasteiger partial charge in [0, 0.05) is 5.56 Å². The Morgan fingerprint density at radius 3 is 1.80 bits per heavy atom. The fourth-order valence-corrected chi connectivity index (χ4v) is 1.91. The number of oxime groups is 1. The molecule has 0 aromatic heterocycles. The second-order valence-electron chi connectivity index (χ2n) is 3.79. The van der Waals surface area contributed by atoms with E-state index in [0.29, 0.717) is 0 Å². The van der Waals surface area contributed by atoms with Crippen LogP contribution in [0.2, 0.25) is 0 Å². The summed E-state index contributed by atoms with van der Waals surface area (Å²) in [6.45, 7) is 7.94. The Morgan fingerprint density at radius 1 is 1.00 bits per heavy atom. The largest absolute Gasteiger partial charge is 0.411 e. The van der Waals surface area contributed by atoms with E-state index in [9.17, 15) is 5.11 Å². The van der Waals surface area contributed by atoms with Crippen molar-refractivity contribution in [3.63, 3.8) is 0 Å². The summed E-state index contributed by atoms with van der Waals surface area (Å²) >= 11 is 0. The molecule has 0 radical (unpaired) electrons. The van der Waals surface area contributed by atoms with E-state index < -0.39 is 0 Å². The lowest BCUT2D eigenvalue weighted by Gasteiger charge is -2.16. The van der Waals surface area contributed by atoms with Gasteiger partial charge in [0.05, 0.1) is 12.8 Å². The molecule has 0 amide bonds. The van der Waals surface area contributed by atoms with Gasteiger partial charge in [0.15, 0.2) is 0 Å². The lowest BCUT2D eigenvalue weighted by molar-refractivity contribution is 0.280. The molecule has 3 nitrogen and oxygen atoms in total. The van der Waals surface area contributed by atoms with Crippen LogP contribution in [0.5, 0.6) is 0 Å². The summed E-state index contributed by atoms with van der Waals surface area (Å²) in [6.07, 6.45) is 1.45.